The molecule has 1 aromatic rings. The normalized spacial score (nSPS) is 23.4. The first-order chi connectivity index (χ1) is 11.6. The van der Waals surface area contributed by atoms with E-state index in [-0.39, 0.29) is 6.03 Å². The molecule has 2 atom stereocenters. The number of carbonyl (C=O) groups is 1. The van der Waals surface area contributed by atoms with Crippen molar-refractivity contribution in [3.63, 3.8) is 0 Å². The molecule has 0 bridgehead atoms. The lowest BCUT2D eigenvalue weighted by Crippen LogP contribution is -2.49. The Morgan fingerprint density at radius 1 is 1.12 bits per heavy atom. The van der Waals surface area contributed by atoms with E-state index in [0.29, 0.717) is 18.5 Å². The molecule has 1 aliphatic heterocycles. The van der Waals surface area contributed by atoms with Crippen LogP contribution in [0, 0.1) is 5.92 Å². The molecule has 2 aliphatic rings. The zero-order valence-corrected chi connectivity index (χ0v) is 14.9. The molecule has 0 radical (unpaired) electrons. The molecule has 2 amide bonds. The van der Waals surface area contributed by atoms with Gasteiger partial charge in [-0.3, -0.25) is 0 Å². The monoisotopic (exact) mass is 332 g/mol. The Hall–Kier alpha value is -1.91. The number of hydrogen-bond acceptors (Lipinski definition) is 3. The smallest absolute Gasteiger partial charge is 0.317 e. The van der Waals surface area contributed by atoms with Crippen LogP contribution in [0.4, 0.5) is 4.79 Å². The average molecular weight is 332 g/mol. The van der Waals surface area contributed by atoms with E-state index in [9.17, 15) is 4.79 Å². The predicted molar refractivity (Wildman–Crippen MR) is 93.6 cm³/mol. The maximum atomic E-state index is 12.7. The molecule has 1 heterocycles. The highest BCUT2D eigenvalue weighted by Crippen LogP contribution is 2.33. The van der Waals surface area contributed by atoms with Crippen molar-refractivity contribution in [2.75, 3.05) is 20.8 Å². The average Bonchev–Trinajstić information content (AvgIpc) is 2.61. The zero-order chi connectivity index (χ0) is 17.1. The summed E-state index contributed by atoms with van der Waals surface area (Å²) in [5.74, 6) is 2.05. The van der Waals surface area contributed by atoms with Gasteiger partial charge in [0.05, 0.1) is 14.2 Å². The van der Waals surface area contributed by atoms with Gasteiger partial charge in [-0.15, -0.1) is 0 Å². The van der Waals surface area contributed by atoms with E-state index in [1.165, 1.54) is 24.8 Å². The van der Waals surface area contributed by atoms with Crippen LogP contribution in [-0.4, -0.2) is 37.7 Å². The van der Waals surface area contributed by atoms with Gasteiger partial charge in [0.1, 0.15) is 0 Å². The van der Waals surface area contributed by atoms with E-state index in [1.54, 1.807) is 14.2 Å². The van der Waals surface area contributed by atoms with Crippen LogP contribution >= 0.6 is 0 Å². The minimum atomic E-state index is 0.0641. The van der Waals surface area contributed by atoms with Crippen molar-refractivity contribution in [1.29, 1.82) is 0 Å². The standard InChI is InChI=1S/C19H28N2O3/c1-13-6-4-5-7-16(13)20-19(22)21-9-8-14-10-17(23-2)18(24-3)11-15(14)12-21/h10-11,13,16H,4-9,12H2,1-3H3,(H,20,22). The molecule has 0 saturated heterocycles. The van der Waals surface area contributed by atoms with E-state index in [4.69, 9.17) is 9.47 Å². The number of rotatable bonds is 3. The van der Waals surface area contributed by atoms with Crippen LogP contribution in [0.1, 0.15) is 43.7 Å². The van der Waals surface area contributed by atoms with Crippen LogP contribution < -0.4 is 14.8 Å². The quantitative estimate of drug-likeness (QED) is 0.923. The van der Waals surface area contributed by atoms with Crippen molar-refractivity contribution in [3.05, 3.63) is 23.3 Å². The highest BCUT2D eigenvalue weighted by Gasteiger charge is 2.27. The molecular weight excluding hydrogens is 304 g/mol. The number of amides is 2. The molecule has 24 heavy (non-hydrogen) atoms. The molecule has 5 nitrogen and oxygen atoms in total. The summed E-state index contributed by atoms with van der Waals surface area (Å²) in [6.45, 7) is 3.62. The van der Waals surface area contributed by atoms with E-state index in [2.05, 4.69) is 12.2 Å². The van der Waals surface area contributed by atoms with Crippen LogP contribution in [0.25, 0.3) is 0 Å². The third kappa shape index (κ3) is 3.45. The van der Waals surface area contributed by atoms with Crippen molar-refractivity contribution < 1.29 is 14.3 Å². The van der Waals surface area contributed by atoms with Crippen molar-refractivity contribution in [3.8, 4) is 11.5 Å². The summed E-state index contributed by atoms with van der Waals surface area (Å²) in [5, 5.41) is 3.25. The maximum absolute atomic E-state index is 12.7. The largest absolute Gasteiger partial charge is 0.493 e. The van der Waals surface area contributed by atoms with Gasteiger partial charge in [-0.05, 0) is 48.4 Å². The first-order valence-corrected chi connectivity index (χ1v) is 8.91. The van der Waals surface area contributed by atoms with Crippen LogP contribution in [-0.2, 0) is 13.0 Å². The summed E-state index contributed by atoms with van der Waals surface area (Å²) < 4.78 is 10.8. The molecule has 1 aromatic carbocycles. The fraction of sp³-hybridized carbons (Fsp3) is 0.632. The molecule has 3 rings (SSSR count). The number of nitrogens with one attached hydrogen (secondary N) is 1. The Balaban J connectivity index is 1.68. The molecule has 1 saturated carbocycles. The fourth-order valence-corrected chi connectivity index (χ4v) is 3.84. The van der Waals surface area contributed by atoms with Gasteiger partial charge in [-0.1, -0.05) is 19.8 Å². The summed E-state index contributed by atoms with van der Waals surface area (Å²) in [6, 6.07) is 4.41. The Morgan fingerprint density at radius 3 is 2.46 bits per heavy atom. The molecule has 1 N–H and O–H groups in total. The lowest BCUT2D eigenvalue weighted by atomic mass is 9.86. The lowest BCUT2D eigenvalue weighted by molar-refractivity contribution is 0.177. The zero-order valence-electron chi connectivity index (χ0n) is 14.9. The van der Waals surface area contributed by atoms with Gasteiger partial charge in [-0.2, -0.15) is 0 Å². The van der Waals surface area contributed by atoms with Crippen molar-refractivity contribution in [1.82, 2.24) is 10.2 Å². The molecule has 0 spiro atoms. The first-order valence-electron chi connectivity index (χ1n) is 8.91. The number of carbonyl (C=O) groups excluding carboxylic acids is 1. The van der Waals surface area contributed by atoms with E-state index < -0.39 is 0 Å². The van der Waals surface area contributed by atoms with Gasteiger partial charge < -0.3 is 19.7 Å². The fourth-order valence-electron chi connectivity index (χ4n) is 3.84. The number of benzene rings is 1. The van der Waals surface area contributed by atoms with E-state index in [0.717, 1.165) is 36.4 Å². The molecular formula is C19H28N2O3. The number of methoxy groups -OCH3 is 2. The summed E-state index contributed by atoms with van der Waals surface area (Å²) in [7, 11) is 3.29. The number of nitrogens with zero attached hydrogens (tertiary/aromatic N) is 1. The lowest BCUT2D eigenvalue weighted by Gasteiger charge is -2.34. The van der Waals surface area contributed by atoms with Crippen molar-refractivity contribution >= 4 is 6.03 Å². The topological polar surface area (TPSA) is 50.8 Å². The van der Waals surface area contributed by atoms with Crippen LogP contribution in [0.15, 0.2) is 12.1 Å². The van der Waals surface area contributed by atoms with Gasteiger partial charge in [0, 0.05) is 19.1 Å². The number of fused-ring (bicyclic) bond motifs is 1. The van der Waals surface area contributed by atoms with Gasteiger partial charge in [-0.25, -0.2) is 4.79 Å². The molecule has 132 valence electrons. The predicted octanol–water partition coefficient (Wildman–Crippen LogP) is 3.35. The van der Waals surface area contributed by atoms with Gasteiger partial charge >= 0.3 is 6.03 Å². The second-order valence-electron chi connectivity index (χ2n) is 6.97. The second-order valence-corrected chi connectivity index (χ2v) is 6.97. The van der Waals surface area contributed by atoms with Crippen molar-refractivity contribution in [2.24, 2.45) is 5.92 Å². The van der Waals surface area contributed by atoms with Gasteiger partial charge in [0.15, 0.2) is 11.5 Å². The highest BCUT2D eigenvalue weighted by atomic mass is 16.5. The summed E-state index contributed by atoms with van der Waals surface area (Å²) >= 11 is 0. The van der Waals surface area contributed by atoms with Crippen LogP contribution in [0.2, 0.25) is 0 Å². The second kappa shape index (κ2) is 7.32. The Morgan fingerprint density at radius 2 is 1.79 bits per heavy atom. The Kier molecular flexibility index (Phi) is 5.17. The minimum absolute atomic E-state index is 0.0641. The molecule has 1 fully saturated rings. The maximum Gasteiger partial charge on any atom is 0.317 e. The van der Waals surface area contributed by atoms with Gasteiger partial charge in [0.25, 0.3) is 0 Å². The van der Waals surface area contributed by atoms with Crippen LogP contribution in [0.3, 0.4) is 0 Å². The third-order valence-corrected chi connectivity index (χ3v) is 5.43. The molecule has 1 aliphatic carbocycles. The SMILES string of the molecule is COc1cc2c(cc1OC)CN(C(=O)NC1CCCCC1C)CC2. The number of ether oxygens (including phenoxy) is 2. The summed E-state index contributed by atoms with van der Waals surface area (Å²) in [6.07, 6.45) is 5.66. The van der Waals surface area contributed by atoms with Crippen LogP contribution in [0.5, 0.6) is 11.5 Å². The molecule has 2 unspecified atom stereocenters. The molecule has 0 aromatic heterocycles. The third-order valence-electron chi connectivity index (χ3n) is 5.43. The highest BCUT2D eigenvalue weighted by molar-refractivity contribution is 5.75. The molecule has 5 heteroatoms. The van der Waals surface area contributed by atoms with Gasteiger partial charge in [0.2, 0.25) is 0 Å². The Labute approximate surface area is 144 Å². The van der Waals surface area contributed by atoms with Crippen molar-refractivity contribution in [2.45, 2.75) is 51.6 Å². The first kappa shape index (κ1) is 16.9. The van der Waals surface area contributed by atoms with E-state index in [1.807, 2.05) is 17.0 Å². The Bertz CT molecular complexity index is 603. The summed E-state index contributed by atoms with van der Waals surface area (Å²) in [5.41, 5.74) is 2.38. The minimum Gasteiger partial charge on any atom is -0.493 e. The van der Waals surface area contributed by atoms with E-state index >= 15 is 0 Å². The number of hydrogen-bond donors (Lipinski definition) is 1. The number of urea groups is 1. The summed E-state index contributed by atoms with van der Waals surface area (Å²) in [4.78, 5) is 14.6.